The number of tetrazole rings is 1. The number of rotatable bonds is 12. The van der Waals surface area contributed by atoms with Gasteiger partial charge in [0.05, 0.1) is 12.8 Å². The van der Waals surface area contributed by atoms with E-state index in [0.29, 0.717) is 23.9 Å². The molecule has 0 spiro atoms. The maximum Gasteiger partial charge on any atom is 0.214 e. The largest absolute Gasteiger partial charge is 0.493 e. The van der Waals surface area contributed by atoms with Gasteiger partial charge in [0, 0.05) is 22.9 Å². The molecular weight excluding hydrogens is 470 g/mol. The molecule has 0 radical (unpaired) electrons. The third kappa shape index (κ3) is 6.50. The van der Waals surface area contributed by atoms with Gasteiger partial charge in [0.25, 0.3) is 0 Å². The third-order valence-electron chi connectivity index (χ3n) is 5.04. The molecule has 1 N–H and O–H groups in total. The average molecular weight is 496 g/mol. The first-order valence-corrected chi connectivity index (χ1v) is 12.3. The summed E-state index contributed by atoms with van der Waals surface area (Å²) in [7, 11) is 1.65. The lowest BCUT2D eigenvalue weighted by molar-refractivity contribution is 0.280. The van der Waals surface area contributed by atoms with Gasteiger partial charge in [0.1, 0.15) is 6.61 Å². The van der Waals surface area contributed by atoms with Crippen molar-refractivity contribution in [2.24, 2.45) is 0 Å². The van der Waals surface area contributed by atoms with Crippen LogP contribution in [0.1, 0.15) is 17.5 Å². The lowest BCUT2D eigenvalue weighted by atomic mass is 10.1. The van der Waals surface area contributed by atoms with Gasteiger partial charge in [-0.25, -0.2) is 0 Å². The summed E-state index contributed by atoms with van der Waals surface area (Å²) in [5.41, 5.74) is 3.01. The SMILES string of the molecule is COc1cccc(CNCCCSc2nnnn2-c2ccccc2)c1OCc1cccc(Cl)c1. The molecule has 0 bridgehead atoms. The van der Waals surface area contributed by atoms with Crippen molar-refractivity contribution >= 4 is 23.4 Å². The fourth-order valence-corrected chi connectivity index (χ4v) is 4.43. The number of thioether (sulfide) groups is 1. The highest BCUT2D eigenvalue weighted by Crippen LogP contribution is 2.32. The number of aromatic nitrogens is 4. The molecule has 7 nitrogen and oxygen atoms in total. The molecule has 0 fully saturated rings. The maximum atomic E-state index is 6.13. The summed E-state index contributed by atoms with van der Waals surface area (Å²) in [6, 6.07) is 23.5. The summed E-state index contributed by atoms with van der Waals surface area (Å²) in [4.78, 5) is 0. The summed E-state index contributed by atoms with van der Waals surface area (Å²) in [5.74, 6) is 2.36. The van der Waals surface area contributed by atoms with Crippen LogP contribution in [0.2, 0.25) is 5.02 Å². The van der Waals surface area contributed by atoms with Crippen molar-refractivity contribution in [3.63, 3.8) is 0 Å². The van der Waals surface area contributed by atoms with Crippen LogP contribution in [-0.2, 0) is 13.2 Å². The highest BCUT2D eigenvalue weighted by molar-refractivity contribution is 7.99. The number of benzene rings is 3. The van der Waals surface area contributed by atoms with Gasteiger partial charge in [-0.1, -0.05) is 65.8 Å². The molecule has 0 aliphatic rings. The molecule has 1 aromatic heterocycles. The molecule has 176 valence electrons. The van der Waals surface area contributed by atoms with E-state index in [1.165, 1.54) is 0 Å². The van der Waals surface area contributed by atoms with E-state index in [9.17, 15) is 0 Å². The number of nitrogens with zero attached hydrogens (tertiary/aromatic N) is 4. The standard InChI is InChI=1S/C25H26ClN5O2S/c1-32-23-13-6-9-20(24(23)33-18-19-8-5-10-21(26)16-19)17-27-14-7-15-34-25-28-29-30-31(25)22-11-3-2-4-12-22/h2-6,8-13,16,27H,7,14-15,17-18H2,1H3. The normalized spacial score (nSPS) is 10.9. The number of hydrogen-bond donors (Lipinski definition) is 1. The van der Waals surface area contributed by atoms with Gasteiger partial charge in [-0.2, -0.15) is 4.68 Å². The molecule has 0 saturated carbocycles. The van der Waals surface area contributed by atoms with Crippen LogP contribution in [0.25, 0.3) is 5.69 Å². The van der Waals surface area contributed by atoms with E-state index < -0.39 is 0 Å². The molecule has 34 heavy (non-hydrogen) atoms. The molecular formula is C25H26ClN5O2S. The van der Waals surface area contributed by atoms with Crippen molar-refractivity contribution in [3.05, 3.63) is 88.9 Å². The lowest BCUT2D eigenvalue weighted by Crippen LogP contribution is -2.16. The molecule has 0 aliphatic heterocycles. The quantitative estimate of drug-likeness (QED) is 0.214. The minimum atomic E-state index is 0.417. The van der Waals surface area contributed by atoms with Crippen LogP contribution in [-0.4, -0.2) is 39.6 Å². The Kier molecular flexibility index (Phi) is 8.78. The maximum absolute atomic E-state index is 6.13. The molecule has 4 rings (SSSR count). The van der Waals surface area contributed by atoms with Crippen molar-refractivity contribution in [2.75, 3.05) is 19.4 Å². The second kappa shape index (κ2) is 12.4. The average Bonchev–Trinajstić information content (AvgIpc) is 3.34. The van der Waals surface area contributed by atoms with Crippen LogP contribution in [0.3, 0.4) is 0 Å². The number of nitrogens with one attached hydrogen (secondary N) is 1. The summed E-state index contributed by atoms with van der Waals surface area (Å²) >= 11 is 7.74. The van der Waals surface area contributed by atoms with Crippen molar-refractivity contribution in [2.45, 2.75) is 24.7 Å². The van der Waals surface area contributed by atoms with Gasteiger partial charge >= 0.3 is 0 Å². The van der Waals surface area contributed by atoms with Crippen LogP contribution in [0.15, 0.2) is 78.0 Å². The first-order chi connectivity index (χ1) is 16.7. The Hall–Kier alpha value is -3.07. The summed E-state index contributed by atoms with van der Waals surface area (Å²) in [6.45, 7) is 1.94. The minimum Gasteiger partial charge on any atom is -0.493 e. The van der Waals surface area contributed by atoms with Crippen LogP contribution in [0, 0.1) is 0 Å². The molecule has 1 heterocycles. The fraction of sp³-hybridized carbons (Fsp3) is 0.240. The van der Waals surface area contributed by atoms with Crippen LogP contribution >= 0.6 is 23.4 Å². The molecule has 0 unspecified atom stereocenters. The van der Waals surface area contributed by atoms with Crippen LogP contribution in [0.4, 0.5) is 0 Å². The molecule has 0 amide bonds. The van der Waals surface area contributed by atoms with E-state index in [-0.39, 0.29) is 0 Å². The number of methoxy groups -OCH3 is 1. The Morgan fingerprint density at radius 1 is 1.03 bits per heavy atom. The number of ether oxygens (including phenoxy) is 2. The predicted octanol–water partition coefficient (Wildman–Crippen LogP) is 5.18. The highest BCUT2D eigenvalue weighted by atomic mass is 35.5. The van der Waals surface area contributed by atoms with Crippen LogP contribution in [0.5, 0.6) is 11.5 Å². The number of para-hydroxylation sites is 2. The van der Waals surface area contributed by atoms with Crippen LogP contribution < -0.4 is 14.8 Å². The zero-order chi connectivity index (χ0) is 23.6. The lowest BCUT2D eigenvalue weighted by Gasteiger charge is -2.16. The second-order valence-electron chi connectivity index (χ2n) is 7.45. The summed E-state index contributed by atoms with van der Waals surface area (Å²) in [5, 5.41) is 17.0. The molecule has 0 aliphatic carbocycles. The Balaban J connectivity index is 1.27. The van der Waals surface area contributed by atoms with Gasteiger partial charge in [0.15, 0.2) is 11.5 Å². The van der Waals surface area contributed by atoms with Crippen molar-refractivity contribution < 1.29 is 9.47 Å². The van der Waals surface area contributed by atoms with E-state index in [2.05, 4.69) is 20.8 Å². The van der Waals surface area contributed by atoms with E-state index in [1.807, 2.05) is 72.8 Å². The van der Waals surface area contributed by atoms with Gasteiger partial charge in [-0.15, -0.1) is 5.10 Å². The van der Waals surface area contributed by atoms with E-state index in [0.717, 1.165) is 46.4 Å². The summed E-state index contributed by atoms with van der Waals surface area (Å²) < 4.78 is 13.4. The molecule has 3 aromatic carbocycles. The molecule has 0 saturated heterocycles. The van der Waals surface area contributed by atoms with Gasteiger partial charge in [-0.3, -0.25) is 0 Å². The number of halogens is 1. The van der Waals surface area contributed by atoms with Crippen molar-refractivity contribution in [3.8, 4) is 17.2 Å². The third-order valence-corrected chi connectivity index (χ3v) is 6.28. The van der Waals surface area contributed by atoms with E-state index >= 15 is 0 Å². The van der Waals surface area contributed by atoms with E-state index in [4.69, 9.17) is 21.1 Å². The van der Waals surface area contributed by atoms with E-state index in [1.54, 1.807) is 23.6 Å². The molecule has 4 aromatic rings. The zero-order valence-electron chi connectivity index (χ0n) is 18.9. The smallest absolute Gasteiger partial charge is 0.214 e. The Bertz CT molecular complexity index is 1190. The van der Waals surface area contributed by atoms with Gasteiger partial charge in [0.2, 0.25) is 5.16 Å². The zero-order valence-corrected chi connectivity index (χ0v) is 20.4. The predicted molar refractivity (Wildman–Crippen MR) is 135 cm³/mol. The highest BCUT2D eigenvalue weighted by Gasteiger charge is 2.12. The monoisotopic (exact) mass is 495 g/mol. The van der Waals surface area contributed by atoms with Crippen molar-refractivity contribution in [1.29, 1.82) is 0 Å². The second-order valence-corrected chi connectivity index (χ2v) is 8.95. The minimum absolute atomic E-state index is 0.417. The first kappa shape index (κ1) is 24.1. The Morgan fingerprint density at radius 2 is 1.88 bits per heavy atom. The van der Waals surface area contributed by atoms with Gasteiger partial charge < -0.3 is 14.8 Å². The topological polar surface area (TPSA) is 74.1 Å². The number of hydrogen-bond acceptors (Lipinski definition) is 7. The summed E-state index contributed by atoms with van der Waals surface area (Å²) in [6.07, 6.45) is 0.967. The fourth-order valence-electron chi connectivity index (χ4n) is 3.39. The molecule has 0 atom stereocenters. The van der Waals surface area contributed by atoms with Gasteiger partial charge in [-0.05, 0) is 59.3 Å². The molecule has 9 heteroatoms. The Labute approximate surface area is 208 Å². The Morgan fingerprint density at radius 3 is 2.71 bits per heavy atom. The van der Waals surface area contributed by atoms with Crippen molar-refractivity contribution in [1.82, 2.24) is 25.5 Å². The first-order valence-electron chi connectivity index (χ1n) is 10.9.